The molecule has 0 fully saturated rings. The molecule has 5 nitrogen and oxygen atoms in total. The fourth-order valence-electron chi connectivity index (χ4n) is 2.79. The Kier molecular flexibility index (Phi) is 7.90. The lowest BCUT2D eigenvalue weighted by Crippen LogP contribution is -2.38. The van der Waals surface area contributed by atoms with Crippen molar-refractivity contribution in [1.29, 1.82) is 0 Å². The maximum atomic E-state index is 4.75. The normalized spacial score (nSPS) is 11.2. The van der Waals surface area contributed by atoms with Crippen LogP contribution in [0, 0.1) is 0 Å². The molecule has 2 N–H and O–H groups in total. The number of halogens is 1. The molecule has 0 radical (unpaired) electrons. The van der Waals surface area contributed by atoms with Gasteiger partial charge in [0.05, 0.1) is 11.0 Å². The SMILES string of the molecule is CCNC(=NCCc1nc2ccccc2[nH]1)N(C)Cc1ccccc1.I. The lowest BCUT2D eigenvalue weighted by molar-refractivity contribution is 0.477. The maximum Gasteiger partial charge on any atom is 0.193 e. The minimum Gasteiger partial charge on any atom is -0.357 e. The Morgan fingerprint density at radius 2 is 1.85 bits per heavy atom. The number of fused-ring (bicyclic) bond motifs is 1. The van der Waals surface area contributed by atoms with Gasteiger partial charge >= 0.3 is 0 Å². The molecule has 6 heteroatoms. The van der Waals surface area contributed by atoms with E-state index < -0.39 is 0 Å². The first-order valence-electron chi connectivity index (χ1n) is 8.73. The molecule has 1 aromatic heterocycles. The van der Waals surface area contributed by atoms with Crippen LogP contribution in [-0.2, 0) is 13.0 Å². The Labute approximate surface area is 172 Å². The molecular weight excluding hydrogens is 437 g/mol. The van der Waals surface area contributed by atoms with Crippen LogP contribution in [0.2, 0.25) is 0 Å². The molecule has 0 spiro atoms. The summed E-state index contributed by atoms with van der Waals surface area (Å²) in [7, 11) is 2.07. The smallest absolute Gasteiger partial charge is 0.193 e. The molecule has 0 aliphatic heterocycles. The van der Waals surface area contributed by atoms with Gasteiger partial charge in [-0.05, 0) is 24.6 Å². The lowest BCUT2D eigenvalue weighted by atomic mass is 10.2. The highest BCUT2D eigenvalue weighted by atomic mass is 127. The molecule has 2 aromatic carbocycles. The van der Waals surface area contributed by atoms with Crippen molar-refractivity contribution in [2.75, 3.05) is 20.1 Å². The van der Waals surface area contributed by atoms with Crippen molar-refractivity contribution in [3.05, 3.63) is 66.0 Å². The van der Waals surface area contributed by atoms with Gasteiger partial charge in [0.15, 0.2) is 5.96 Å². The highest BCUT2D eigenvalue weighted by Gasteiger charge is 2.07. The fraction of sp³-hybridized carbons (Fsp3) is 0.300. The fourth-order valence-corrected chi connectivity index (χ4v) is 2.79. The number of nitrogens with zero attached hydrogens (tertiary/aromatic N) is 3. The van der Waals surface area contributed by atoms with Crippen LogP contribution in [0.3, 0.4) is 0 Å². The van der Waals surface area contributed by atoms with Crippen LogP contribution in [0.25, 0.3) is 11.0 Å². The van der Waals surface area contributed by atoms with E-state index in [2.05, 4.69) is 58.4 Å². The zero-order valence-corrected chi connectivity index (χ0v) is 17.6. The van der Waals surface area contributed by atoms with Crippen molar-refractivity contribution in [3.8, 4) is 0 Å². The molecule has 138 valence electrons. The summed E-state index contributed by atoms with van der Waals surface area (Å²) in [6.07, 6.45) is 0.794. The average Bonchev–Trinajstić information content (AvgIpc) is 3.04. The van der Waals surface area contributed by atoms with Gasteiger partial charge in [0, 0.05) is 33.1 Å². The molecule has 26 heavy (non-hydrogen) atoms. The first-order valence-corrected chi connectivity index (χ1v) is 8.73. The van der Waals surface area contributed by atoms with Crippen LogP contribution >= 0.6 is 24.0 Å². The molecule has 0 bridgehead atoms. The third kappa shape index (κ3) is 5.45. The van der Waals surface area contributed by atoms with Gasteiger partial charge in [0.25, 0.3) is 0 Å². The number of aromatic nitrogens is 2. The predicted octanol–water partition coefficient (Wildman–Crippen LogP) is 3.82. The van der Waals surface area contributed by atoms with Crippen molar-refractivity contribution in [1.82, 2.24) is 20.2 Å². The second-order valence-electron chi connectivity index (χ2n) is 6.03. The maximum absolute atomic E-state index is 4.75. The van der Waals surface area contributed by atoms with Crippen molar-refractivity contribution in [2.45, 2.75) is 19.9 Å². The summed E-state index contributed by atoms with van der Waals surface area (Å²) in [6, 6.07) is 18.5. The van der Waals surface area contributed by atoms with Crippen LogP contribution in [-0.4, -0.2) is 41.0 Å². The highest BCUT2D eigenvalue weighted by Crippen LogP contribution is 2.10. The van der Waals surface area contributed by atoms with Gasteiger partial charge in [-0.15, -0.1) is 24.0 Å². The van der Waals surface area contributed by atoms with Crippen LogP contribution in [0.1, 0.15) is 18.3 Å². The van der Waals surface area contributed by atoms with Gasteiger partial charge in [-0.3, -0.25) is 4.99 Å². The van der Waals surface area contributed by atoms with E-state index in [4.69, 9.17) is 4.99 Å². The average molecular weight is 463 g/mol. The number of hydrogen-bond donors (Lipinski definition) is 2. The van der Waals surface area contributed by atoms with Gasteiger partial charge in [-0.25, -0.2) is 4.98 Å². The number of nitrogens with one attached hydrogen (secondary N) is 2. The van der Waals surface area contributed by atoms with Crippen LogP contribution in [0.4, 0.5) is 0 Å². The highest BCUT2D eigenvalue weighted by molar-refractivity contribution is 14.0. The summed E-state index contributed by atoms with van der Waals surface area (Å²) in [6.45, 7) is 4.46. The lowest BCUT2D eigenvalue weighted by Gasteiger charge is -2.22. The zero-order chi connectivity index (χ0) is 17.5. The Hall–Kier alpha value is -2.09. The quantitative estimate of drug-likeness (QED) is 0.332. The summed E-state index contributed by atoms with van der Waals surface area (Å²) < 4.78 is 0. The molecule has 1 heterocycles. The van der Waals surface area contributed by atoms with Crippen molar-refractivity contribution in [3.63, 3.8) is 0 Å². The minimum absolute atomic E-state index is 0. The molecule has 0 amide bonds. The van der Waals surface area contributed by atoms with E-state index in [9.17, 15) is 0 Å². The Morgan fingerprint density at radius 3 is 2.58 bits per heavy atom. The van der Waals surface area contributed by atoms with Crippen LogP contribution in [0.5, 0.6) is 0 Å². The summed E-state index contributed by atoms with van der Waals surface area (Å²) in [5.41, 5.74) is 3.36. The molecule has 0 saturated heterocycles. The van der Waals surface area contributed by atoms with E-state index in [1.165, 1.54) is 5.56 Å². The zero-order valence-electron chi connectivity index (χ0n) is 15.3. The first kappa shape index (κ1) is 20.2. The second-order valence-corrected chi connectivity index (χ2v) is 6.03. The number of para-hydroxylation sites is 2. The number of guanidine groups is 1. The van der Waals surface area contributed by atoms with Crippen molar-refractivity contribution < 1.29 is 0 Å². The summed E-state index contributed by atoms with van der Waals surface area (Å²) >= 11 is 0. The van der Waals surface area contributed by atoms with E-state index in [0.717, 1.165) is 42.3 Å². The topological polar surface area (TPSA) is 56.3 Å². The number of H-pyrrole nitrogens is 1. The van der Waals surface area contributed by atoms with Gasteiger partial charge in [-0.1, -0.05) is 42.5 Å². The number of hydrogen-bond acceptors (Lipinski definition) is 2. The largest absolute Gasteiger partial charge is 0.357 e. The van der Waals surface area contributed by atoms with Gasteiger partial charge in [0.2, 0.25) is 0 Å². The Bertz CT molecular complexity index is 795. The van der Waals surface area contributed by atoms with Crippen molar-refractivity contribution >= 4 is 41.0 Å². The molecular formula is C20H26IN5. The van der Waals surface area contributed by atoms with Crippen LogP contribution < -0.4 is 5.32 Å². The number of rotatable bonds is 6. The van der Waals surface area contributed by atoms with E-state index in [-0.39, 0.29) is 24.0 Å². The van der Waals surface area contributed by atoms with Crippen molar-refractivity contribution in [2.24, 2.45) is 4.99 Å². The predicted molar refractivity (Wildman–Crippen MR) is 119 cm³/mol. The van der Waals surface area contributed by atoms with E-state index in [0.29, 0.717) is 6.54 Å². The van der Waals surface area contributed by atoms with E-state index >= 15 is 0 Å². The number of aliphatic imine (C=N–C) groups is 1. The second kappa shape index (κ2) is 10.2. The van der Waals surface area contributed by atoms with E-state index in [1.807, 2.05) is 30.3 Å². The first-order chi connectivity index (χ1) is 12.3. The third-order valence-electron chi connectivity index (χ3n) is 4.01. The molecule has 3 aromatic rings. The standard InChI is InChI=1S/C20H25N5.HI/c1-3-21-20(25(2)15-16-9-5-4-6-10-16)22-14-13-19-23-17-11-7-8-12-18(17)24-19;/h4-12H,3,13-15H2,1-2H3,(H,21,22)(H,23,24);1H. The minimum atomic E-state index is 0. The summed E-state index contributed by atoms with van der Waals surface area (Å²) in [4.78, 5) is 14.9. The third-order valence-corrected chi connectivity index (χ3v) is 4.01. The summed E-state index contributed by atoms with van der Waals surface area (Å²) in [5, 5.41) is 3.36. The molecule has 0 aliphatic carbocycles. The molecule has 3 rings (SSSR count). The molecule has 0 saturated carbocycles. The Balaban J connectivity index is 0.00000243. The van der Waals surface area contributed by atoms with E-state index in [1.54, 1.807) is 0 Å². The number of aromatic amines is 1. The Morgan fingerprint density at radius 1 is 1.12 bits per heavy atom. The van der Waals surface area contributed by atoms with Crippen LogP contribution in [0.15, 0.2) is 59.6 Å². The van der Waals surface area contributed by atoms with Gasteiger partial charge in [-0.2, -0.15) is 0 Å². The van der Waals surface area contributed by atoms with Gasteiger partial charge in [0.1, 0.15) is 5.82 Å². The molecule has 0 unspecified atom stereocenters. The van der Waals surface area contributed by atoms with Gasteiger partial charge < -0.3 is 15.2 Å². The molecule has 0 atom stereocenters. The monoisotopic (exact) mass is 463 g/mol. The number of imidazole rings is 1. The molecule has 0 aliphatic rings. The summed E-state index contributed by atoms with van der Waals surface area (Å²) in [5.74, 6) is 1.90. The number of benzene rings is 2.